The van der Waals surface area contributed by atoms with Gasteiger partial charge in [-0.3, -0.25) is 9.59 Å². The molecule has 308 valence electrons. The van der Waals surface area contributed by atoms with E-state index < -0.39 is 97.1 Å². The summed E-state index contributed by atoms with van der Waals surface area (Å²) in [7, 11) is 0. The van der Waals surface area contributed by atoms with Gasteiger partial charge in [0.2, 0.25) is 0 Å². The fourth-order valence-electron chi connectivity index (χ4n) is 7.99. The molecule has 15 unspecified atom stereocenters. The molecule has 0 saturated carbocycles. The Morgan fingerprint density at radius 2 is 1.72 bits per heavy atom. The standard InChI is InChI=1S/C41H67NO12/c1-10-31(43)27(7)36(46)25(5)19-26(6)39-28(8)35(45)22(2)15-16-30(51-34-20-32(52-40(42)48)37(47)29(9)50-34)14-12-11-13-23(3)38-24(4)17-18-41(49,54-38)21-33(44)53-39/h13,15-17,22,25-30,32,34-39,45-47,49H,10-12,14,18-21H2,1-9H3,(H2,42,48)/b16-15+,23-13-. The number of aliphatic hydroxyl groups is 4. The maximum absolute atomic E-state index is 13.6. The molecule has 3 aliphatic rings. The van der Waals surface area contributed by atoms with Crippen LogP contribution in [0.4, 0.5) is 4.79 Å². The lowest BCUT2D eigenvalue weighted by atomic mass is 9.78. The van der Waals surface area contributed by atoms with Gasteiger partial charge in [-0.25, -0.2) is 4.79 Å². The number of nitrogens with two attached hydrogens (primary N) is 1. The van der Waals surface area contributed by atoms with Crippen molar-refractivity contribution in [1.29, 1.82) is 0 Å². The van der Waals surface area contributed by atoms with E-state index in [2.05, 4.69) is 0 Å². The number of rotatable bonds is 10. The summed E-state index contributed by atoms with van der Waals surface area (Å²) in [5, 5.41) is 44.8. The number of amides is 1. The van der Waals surface area contributed by atoms with Gasteiger partial charge in [-0.05, 0) is 69.4 Å². The van der Waals surface area contributed by atoms with E-state index in [1.54, 1.807) is 20.8 Å². The SMILES string of the molecule is CCC(=O)C(C)C(O)C(C)CC(C)C1OC(=O)CC2(O)CC=C(C)C(O2)/C(C)=C\CCCC(OC2CC(OC(N)=O)C(O)C(C)O2)/C=C/C(C)C(O)C1C. The van der Waals surface area contributed by atoms with E-state index in [4.69, 9.17) is 29.4 Å². The monoisotopic (exact) mass is 765 g/mol. The van der Waals surface area contributed by atoms with E-state index in [0.717, 1.165) is 11.1 Å². The van der Waals surface area contributed by atoms with Gasteiger partial charge in [0, 0.05) is 37.0 Å². The Morgan fingerprint density at radius 1 is 1.06 bits per heavy atom. The summed E-state index contributed by atoms with van der Waals surface area (Å²) in [6, 6.07) is 0. The van der Waals surface area contributed by atoms with Gasteiger partial charge in [0.05, 0.1) is 30.8 Å². The molecule has 13 heteroatoms. The number of Topliss-reactive ketones (excluding diaryl/α,β-unsaturated/α-hetero) is 1. The molecule has 6 N–H and O–H groups in total. The summed E-state index contributed by atoms with van der Waals surface area (Å²) in [6.07, 6.45) is 1.87. The average Bonchev–Trinajstić information content (AvgIpc) is 3.11. The lowest BCUT2D eigenvalue weighted by Gasteiger charge is -2.39. The molecule has 3 heterocycles. The first-order valence-electron chi connectivity index (χ1n) is 19.7. The third kappa shape index (κ3) is 12.7. The molecule has 3 rings (SSSR count). The number of ketones is 1. The largest absolute Gasteiger partial charge is 0.462 e. The second-order valence-corrected chi connectivity index (χ2v) is 16.1. The van der Waals surface area contributed by atoms with E-state index >= 15 is 0 Å². The first-order chi connectivity index (χ1) is 25.3. The third-order valence-corrected chi connectivity index (χ3v) is 11.5. The highest BCUT2D eigenvalue weighted by Crippen LogP contribution is 2.36. The summed E-state index contributed by atoms with van der Waals surface area (Å²) in [5.41, 5.74) is 7.05. The summed E-state index contributed by atoms with van der Waals surface area (Å²) >= 11 is 0. The van der Waals surface area contributed by atoms with Gasteiger partial charge in [-0.1, -0.05) is 65.8 Å². The fourth-order valence-corrected chi connectivity index (χ4v) is 7.99. The molecule has 13 nitrogen and oxygen atoms in total. The molecule has 2 bridgehead atoms. The maximum atomic E-state index is 13.6. The molecule has 0 spiro atoms. The quantitative estimate of drug-likeness (QED) is 0.147. The summed E-state index contributed by atoms with van der Waals surface area (Å²) in [6.45, 7) is 16.4. The van der Waals surface area contributed by atoms with E-state index in [9.17, 15) is 34.8 Å². The summed E-state index contributed by atoms with van der Waals surface area (Å²) < 4.78 is 29.8. The topological polar surface area (TPSA) is 204 Å². The molecular weight excluding hydrogens is 698 g/mol. The van der Waals surface area contributed by atoms with Gasteiger partial charge in [-0.15, -0.1) is 0 Å². The highest BCUT2D eigenvalue weighted by Gasteiger charge is 2.42. The minimum Gasteiger partial charge on any atom is -0.462 e. The number of primary amides is 1. The third-order valence-electron chi connectivity index (χ3n) is 11.5. The number of fused-ring (bicyclic) bond motifs is 2. The van der Waals surface area contributed by atoms with Gasteiger partial charge in [0.15, 0.2) is 12.1 Å². The number of carbonyl (C=O) groups excluding carboxylic acids is 3. The number of hydrogen-bond donors (Lipinski definition) is 5. The van der Waals surface area contributed by atoms with Crippen molar-refractivity contribution in [1.82, 2.24) is 0 Å². The van der Waals surface area contributed by atoms with Crippen molar-refractivity contribution in [2.24, 2.45) is 35.3 Å². The number of allylic oxidation sites excluding steroid dienone is 1. The predicted molar refractivity (Wildman–Crippen MR) is 201 cm³/mol. The summed E-state index contributed by atoms with van der Waals surface area (Å²) in [4.78, 5) is 37.5. The maximum Gasteiger partial charge on any atom is 0.404 e. The number of aliphatic hydroxyl groups excluding tert-OH is 3. The first kappa shape index (κ1) is 45.7. The van der Waals surface area contributed by atoms with Crippen LogP contribution in [0.15, 0.2) is 35.5 Å². The van der Waals surface area contributed by atoms with Crippen LogP contribution in [0, 0.1) is 29.6 Å². The zero-order chi connectivity index (χ0) is 40.5. The van der Waals surface area contributed by atoms with Crippen LogP contribution in [0.5, 0.6) is 0 Å². The molecule has 0 aromatic carbocycles. The van der Waals surface area contributed by atoms with Gasteiger partial charge < -0.3 is 49.8 Å². The molecule has 1 fully saturated rings. The van der Waals surface area contributed by atoms with Crippen LogP contribution in [-0.4, -0.2) is 99.2 Å². The number of cyclic esters (lactones) is 1. The van der Waals surface area contributed by atoms with E-state index in [1.165, 1.54) is 0 Å². The van der Waals surface area contributed by atoms with Crippen molar-refractivity contribution >= 4 is 17.8 Å². The summed E-state index contributed by atoms with van der Waals surface area (Å²) in [5.74, 6) is -4.73. The van der Waals surface area contributed by atoms with Crippen LogP contribution >= 0.6 is 0 Å². The lowest BCUT2D eigenvalue weighted by Crippen LogP contribution is -2.50. The van der Waals surface area contributed by atoms with Crippen molar-refractivity contribution < 1.29 is 58.5 Å². The Morgan fingerprint density at radius 3 is 2.37 bits per heavy atom. The Labute approximate surface area is 321 Å². The molecule has 0 aliphatic carbocycles. The van der Waals surface area contributed by atoms with E-state index in [-0.39, 0.29) is 30.5 Å². The number of esters is 1. The molecule has 0 aromatic heterocycles. The normalized spacial score (nSPS) is 38.5. The zero-order valence-corrected chi connectivity index (χ0v) is 33.7. The molecule has 0 radical (unpaired) electrons. The van der Waals surface area contributed by atoms with Gasteiger partial charge >= 0.3 is 12.1 Å². The van der Waals surface area contributed by atoms with Crippen molar-refractivity contribution in [2.45, 2.75) is 175 Å². The minimum absolute atomic E-state index is 0.0364. The van der Waals surface area contributed by atoms with E-state index in [1.807, 2.05) is 65.8 Å². The molecule has 1 saturated heterocycles. The molecule has 0 aromatic rings. The zero-order valence-electron chi connectivity index (χ0n) is 33.7. The molecule has 54 heavy (non-hydrogen) atoms. The second-order valence-electron chi connectivity index (χ2n) is 16.1. The van der Waals surface area contributed by atoms with Gasteiger partial charge in [-0.2, -0.15) is 0 Å². The van der Waals surface area contributed by atoms with Gasteiger partial charge in [0.1, 0.15) is 30.2 Å². The number of hydrogen-bond acceptors (Lipinski definition) is 12. The van der Waals surface area contributed by atoms with Crippen molar-refractivity contribution in [2.75, 3.05) is 0 Å². The first-order valence-corrected chi connectivity index (χ1v) is 19.7. The van der Waals surface area contributed by atoms with Crippen molar-refractivity contribution in [3.05, 3.63) is 35.5 Å². The Bertz CT molecular complexity index is 1350. The highest BCUT2D eigenvalue weighted by atomic mass is 16.7. The Balaban J connectivity index is 1.94. The number of carbonyl (C=O) groups is 3. The molecule has 15 atom stereocenters. The molecular formula is C41H67NO12. The molecule has 1 amide bonds. The number of ether oxygens (including phenoxy) is 5. The van der Waals surface area contributed by atoms with Gasteiger partial charge in [0.25, 0.3) is 0 Å². The second kappa shape index (κ2) is 20.5. The highest BCUT2D eigenvalue weighted by molar-refractivity contribution is 5.80. The molecule has 3 aliphatic heterocycles. The van der Waals surface area contributed by atoms with Crippen LogP contribution in [0.2, 0.25) is 0 Å². The fraction of sp³-hybridized carbons (Fsp3) is 0.780. The lowest BCUT2D eigenvalue weighted by molar-refractivity contribution is -0.254. The van der Waals surface area contributed by atoms with Crippen molar-refractivity contribution in [3.63, 3.8) is 0 Å². The average molecular weight is 766 g/mol. The van der Waals surface area contributed by atoms with Crippen LogP contribution in [0.1, 0.15) is 114 Å². The Hall–Kier alpha value is -2.65. The van der Waals surface area contributed by atoms with Crippen LogP contribution in [0.3, 0.4) is 0 Å². The predicted octanol–water partition coefficient (Wildman–Crippen LogP) is 5.01. The van der Waals surface area contributed by atoms with Crippen LogP contribution in [-0.2, 0) is 33.3 Å². The van der Waals surface area contributed by atoms with Crippen LogP contribution in [0.25, 0.3) is 0 Å². The van der Waals surface area contributed by atoms with E-state index in [0.29, 0.717) is 32.1 Å². The minimum atomic E-state index is -1.80. The van der Waals surface area contributed by atoms with Crippen molar-refractivity contribution in [3.8, 4) is 0 Å². The smallest absolute Gasteiger partial charge is 0.404 e. The van der Waals surface area contributed by atoms with Crippen LogP contribution < -0.4 is 5.73 Å². The Kier molecular flexibility index (Phi) is 17.4.